The van der Waals surface area contributed by atoms with Gasteiger partial charge in [-0.3, -0.25) is 9.69 Å². The van der Waals surface area contributed by atoms with Crippen molar-refractivity contribution in [1.82, 2.24) is 9.80 Å². The Morgan fingerprint density at radius 3 is 2.25 bits per heavy atom. The highest BCUT2D eigenvalue weighted by atomic mass is 35.5. The van der Waals surface area contributed by atoms with Gasteiger partial charge in [0.25, 0.3) is 5.91 Å². The number of piperazine rings is 1. The predicted octanol–water partition coefficient (Wildman–Crippen LogP) is 3.81. The van der Waals surface area contributed by atoms with Crippen molar-refractivity contribution in [2.24, 2.45) is 0 Å². The molecule has 0 unspecified atom stereocenters. The molecule has 2 aromatic carbocycles. The molecule has 1 saturated heterocycles. The fraction of sp³-hybridized carbons (Fsp3) is 0.417. The maximum atomic E-state index is 13.1. The predicted molar refractivity (Wildman–Crippen MR) is 122 cm³/mol. The largest absolute Gasteiger partial charge is 0.493 e. The van der Waals surface area contributed by atoms with Crippen molar-refractivity contribution in [3.63, 3.8) is 0 Å². The molecule has 1 aliphatic rings. The number of carbonyl (C=O) groups excluding carboxylic acids is 2. The Balaban J connectivity index is 1.71. The second-order valence-corrected chi connectivity index (χ2v) is 7.77. The van der Waals surface area contributed by atoms with Crippen LogP contribution in [0.1, 0.15) is 35.8 Å². The molecule has 8 heteroatoms. The number of halogens is 1. The lowest BCUT2D eigenvalue weighted by molar-refractivity contribution is -0.150. The Morgan fingerprint density at radius 2 is 1.66 bits per heavy atom. The molecule has 1 fully saturated rings. The van der Waals surface area contributed by atoms with E-state index >= 15 is 0 Å². The van der Waals surface area contributed by atoms with Gasteiger partial charge in [-0.1, -0.05) is 23.7 Å². The van der Waals surface area contributed by atoms with E-state index in [0.29, 0.717) is 61.5 Å². The summed E-state index contributed by atoms with van der Waals surface area (Å²) in [6.07, 6.45) is 0. The van der Waals surface area contributed by atoms with Gasteiger partial charge in [-0.15, -0.1) is 0 Å². The fourth-order valence-corrected chi connectivity index (χ4v) is 3.93. The van der Waals surface area contributed by atoms with Gasteiger partial charge >= 0.3 is 5.97 Å². The zero-order chi connectivity index (χ0) is 23.1. The monoisotopic (exact) mass is 460 g/mol. The zero-order valence-corrected chi connectivity index (χ0v) is 19.4. The molecule has 0 aliphatic carbocycles. The standard InChI is InChI=1S/C24H29ClN2O5/c1-4-31-20-11-8-18(16-21(20)30-3)23(28)27-14-12-26(13-15-27)22(24(29)32-5-2)17-6-9-19(25)10-7-17/h6-11,16,22H,4-5,12-15H2,1-3H3/t22-/m0/s1. The van der Waals surface area contributed by atoms with E-state index in [4.69, 9.17) is 25.8 Å². The molecule has 0 N–H and O–H groups in total. The van der Waals surface area contributed by atoms with Crippen molar-refractivity contribution in [3.8, 4) is 11.5 Å². The molecular formula is C24H29ClN2O5. The van der Waals surface area contributed by atoms with Gasteiger partial charge in [-0.25, -0.2) is 4.79 Å². The molecule has 1 aliphatic heterocycles. The van der Waals surface area contributed by atoms with E-state index in [1.165, 1.54) is 0 Å². The smallest absolute Gasteiger partial charge is 0.328 e. The van der Waals surface area contributed by atoms with Crippen LogP contribution in [0, 0.1) is 0 Å². The second-order valence-electron chi connectivity index (χ2n) is 7.33. The van der Waals surface area contributed by atoms with Gasteiger partial charge in [0.2, 0.25) is 0 Å². The SMILES string of the molecule is CCOC(=O)[C@H](c1ccc(Cl)cc1)N1CCN(C(=O)c2ccc(OCC)c(OC)c2)CC1. The summed E-state index contributed by atoms with van der Waals surface area (Å²) >= 11 is 6.01. The van der Waals surface area contributed by atoms with E-state index < -0.39 is 6.04 Å². The fourth-order valence-electron chi connectivity index (χ4n) is 3.80. The number of amides is 1. The van der Waals surface area contributed by atoms with E-state index in [0.717, 1.165) is 5.56 Å². The number of hydrogen-bond acceptors (Lipinski definition) is 6. The third-order valence-electron chi connectivity index (χ3n) is 5.37. The van der Waals surface area contributed by atoms with Gasteiger partial charge in [-0.2, -0.15) is 0 Å². The molecule has 1 heterocycles. The van der Waals surface area contributed by atoms with Gasteiger partial charge in [-0.05, 0) is 49.7 Å². The summed E-state index contributed by atoms with van der Waals surface area (Å²) in [7, 11) is 1.55. The van der Waals surface area contributed by atoms with E-state index in [9.17, 15) is 9.59 Å². The van der Waals surface area contributed by atoms with E-state index in [1.807, 2.05) is 24.0 Å². The number of rotatable bonds is 8. The second kappa shape index (κ2) is 11.2. The summed E-state index contributed by atoms with van der Waals surface area (Å²) in [5.41, 5.74) is 1.36. The lowest BCUT2D eigenvalue weighted by Gasteiger charge is -2.38. The van der Waals surface area contributed by atoms with Gasteiger partial charge < -0.3 is 19.1 Å². The molecule has 0 saturated carbocycles. The Labute approximate surface area is 193 Å². The Hall–Kier alpha value is -2.77. The molecule has 7 nitrogen and oxygen atoms in total. The van der Waals surface area contributed by atoms with E-state index in [2.05, 4.69) is 0 Å². The number of hydrogen-bond donors (Lipinski definition) is 0. The number of nitrogens with zero attached hydrogens (tertiary/aromatic N) is 2. The minimum atomic E-state index is -0.532. The quantitative estimate of drug-likeness (QED) is 0.558. The van der Waals surface area contributed by atoms with Crippen LogP contribution in [0.3, 0.4) is 0 Å². The average molecular weight is 461 g/mol. The first-order valence-corrected chi connectivity index (χ1v) is 11.1. The van der Waals surface area contributed by atoms with Crippen LogP contribution in [0.2, 0.25) is 5.02 Å². The Morgan fingerprint density at radius 1 is 0.969 bits per heavy atom. The maximum absolute atomic E-state index is 13.1. The molecule has 1 atom stereocenters. The third kappa shape index (κ3) is 5.53. The minimum absolute atomic E-state index is 0.0785. The average Bonchev–Trinajstić information content (AvgIpc) is 2.81. The Bertz CT molecular complexity index is 926. The van der Waals surface area contributed by atoms with Crippen LogP contribution in [0.15, 0.2) is 42.5 Å². The number of benzene rings is 2. The van der Waals surface area contributed by atoms with Crippen molar-refractivity contribution in [2.45, 2.75) is 19.9 Å². The van der Waals surface area contributed by atoms with Crippen molar-refractivity contribution in [2.75, 3.05) is 46.5 Å². The minimum Gasteiger partial charge on any atom is -0.493 e. The van der Waals surface area contributed by atoms with E-state index in [1.54, 1.807) is 49.3 Å². The van der Waals surface area contributed by atoms with Crippen LogP contribution in [0.4, 0.5) is 0 Å². The first kappa shape index (κ1) is 23.9. The van der Waals surface area contributed by atoms with Crippen molar-refractivity contribution < 1.29 is 23.8 Å². The molecule has 3 rings (SSSR count). The Kier molecular flexibility index (Phi) is 8.36. The molecule has 0 radical (unpaired) electrons. The topological polar surface area (TPSA) is 68.3 Å². The number of esters is 1. The first-order chi connectivity index (χ1) is 15.5. The van der Waals surface area contributed by atoms with Gasteiger partial charge in [0.1, 0.15) is 6.04 Å². The highest BCUT2D eigenvalue weighted by molar-refractivity contribution is 6.30. The number of carbonyl (C=O) groups is 2. The molecule has 172 valence electrons. The summed E-state index contributed by atoms with van der Waals surface area (Å²) in [5, 5.41) is 0.609. The summed E-state index contributed by atoms with van der Waals surface area (Å²) in [5.74, 6) is 0.758. The van der Waals surface area contributed by atoms with E-state index in [-0.39, 0.29) is 11.9 Å². The normalized spacial score (nSPS) is 15.2. The van der Waals surface area contributed by atoms with Crippen molar-refractivity contribution in [3.05, 3.63) is 58.6 Å². The molecule has 0 bridgehead atoms. The summed E-state index contributed by atoms with van der Waals surface area (Å²) in [6.45, 7) is 6.60. The molecule has 1 amide bonds. The van der Waals surface area contributed by atoms with Crippen LogP contribution >= 0.6 is 11.6 Å². The lowest BCUT2D eigenvalue weighted by atomic mass is 10.0. The number of methoxy groups -OCH3 is 1. The van der Waals surface area contributed by atoms with Crippen LogP contribution in [-0.2, 0) is 9.53 Å². The summed E-state index contributed by atoms with van der Waals surface area (Å²) < 4.78 is 16.2. The highest BCUT2D eigenvalue weighted by Gasteiger charge is 2.33. The first-order valence-electron chi connectivity index (χ1n) is 10.7. The van der Waals surface area contributed by atoms with Crippen molar-refractivity contribution in [1.29, 1.82) is 0 Å². The van der Waals surface area contributed by atoms with Gasteiger partial charge in [0, 0.05) is 36.8 Å². The maximum Gasteiger partial charge on any atom is 0.328 e. The highest BCUT2D eigenvalue weighted by Crippen LogP contribution is 2.29. The molecule has 0 aromatic heterocycles. The molecule has 2 aromatic rings. The van der Waals surface area contributed by atoms with Crippen LogP contribution in [0.5, 0.6) is 11.5 Å². The van der Waals surface area contributed by atoms with Crippen LogP contribution < -0.4 is 9.47 Å². The lowest BCUT2D eigenvalue weighted by Crippen LogP contribution is -2.51. The van der Waals surface area contributed by atoms with Gasteiger partial charge in [0.15, 0.2) is 11.5 Å². The van der Waals surface area contributed by atoms with Gasteiger partial charge in [0.05, 0.1) is 20.3 Å². The van der Waals surface area contributed by atoms with Crippen molar-refractivity contribution >= 4 is 23.5 Å². The molecular weight excluding hydrogens is 432 g/mol. The van der Waals surface area contributed by atoms with Crippen LogP contribution in [-0.4, -0.2) is 68.2 Å². The summed E-state index contributed by atoms with van der Waals surface area (Å²) in [6, 6.07) is 11.9. The molecule has 32 heavy (non-hydrogen) atoms. The van der Waals surface area contributed by atoms with Crippen LogP contribution in [0.25, 0.3) is 0 Å². The number of ether oxygens (including phenoxy) is 3. The molecule has 0 spiro atoms. The zero-order valence-electron chi connectivity index (χ0n) is 18.7. The third-order valence-corrected chi connectivity index (χ3v) is 5.62. The summed E-state index contributed by atoms with van der Waals surface area (Å²) in [4.78, 5) is 29.6.